The lowest BCUT2D eigenvalue weighted by Gasteiger charge is -2.34. The van der Waals surface area contributed by atoms with Crippen molar-refractivity contribution in [2.45, 2.75) is 4.90 Å². The monoisotopic (exact) mass is 602 g/mol. The number of piperazine rings is 1. The number of carbonyl (C=O) groups excluding carboxylic acids is 2. The second-order valence-electron chi connectivity index (χ2n) is 8.27. The zero-order valence-electron chi connectivity index (χ0n) is 19.7. The molecule has 4 rings (SSSR count). The zero-order valence-corrected chi connectivity index (χ0v) is 22.9. The van der Waals surface area contributed by atoms with Crippen molar-refractivity contribution in [1.29, 1.82) is 0 Å². The maximum Gasteiger partial charge on any atom is 0.260 e. The number of ketones is 1. The summed E-state index contributed by atoms with van der Waals surface area (Å²) in [6.07, 6.45) is 3.25. The number of hydrogen-bond donors (Lipinski definition) is 0. The van der Waals surface area contributed by atoms with E-state index in [1.54, 1.807) is 35.2 Å². The molecule has 1 aliphatic heterocycles. The van der Waals surface area contributed by atoms with Crippen LogP contribution in [0.1, 0.15) is 15.9 Å². The molecule has 1 fully saturated rings. The summed E-state index contributed by atoms with van der Waals surface area (Å²) in [6.45, 7) is 0.749. The molecule has 0 N–H and O–H groups in total. The molecular formula is C27H24BrClN2O5S. The van der Waals surface area contributed by atoms with Gasteiger partial charge < -0.3 is 9.64 Å². The third kappa shape index (κ3) is 6.87. The molecule has 0 aromatic heterocycles. The first-order valence-corrected chi connectivity index (χ1v) is 14.1. The molecule has 3 aromatic rings. The van der Waals surface area contributed by atoms with Gasteiger partial charge in [0.1, 0.15) is 5.75 Å². The Morgan fingerprint density at radius 2 is 1.57 bits per heavy atom. The van der Waals surface area contributed by atoms with Crippen LogP contribution in [0.25, 0.3) is 6.08 Å². The summed E-state index contributed by atoms with van der Waals surface area (Å²) in [7, 11) is -3.65. The second kappa shape index (κ2) is 12.0. The Morgan fingerprint density at radius 3 is 2.22 bits per heavy atom. The Kier molecular flexibility index (Phi) is 8.81. The van der Waals surface area contributed by atoms with E-state index in [0.717, 1.165) is 10.0 Å². The van der Waals surface area contributed by atoms with Crippen LogP contribution in [0, 0.1) is 0 Å². The summed E-state index contributed by atoms with van der Waals surface area (Å²) < 4.78 is 33.5. The van der Waals surface area contributed by atoms with E-state index in [-0.39, 0.29) is 49.4 Å². The van der Waals surface area contributed by atoms with Crippen molar-refractivity contribution < 1.29 is 22.7 Å². The van der Waals surface area contributed by atoms with E-state index in [2.05, 4.69) is 15.9 Å². The highest BCUT2D eigenvalue weighted by Gasteiger charge is 2.30. The molecule has 0 spiro atoms. The van der Waals surface area contributed by atoms with Crippen molar-refractivity contribution in [2.24, 2.45) is 0 Å². The van der Waals surface area contributed by atoms with Gasteiger partial charge in [0, 0.05) is 41.2 Å². The normalized spacial score (nSPS) is 14.6. The maximum atomic E-state index is 12.8. The van der Waals surface area contributed by atoms with Crippen LogP contribution >= 0.6 is 27.5 Å². The number of allylic oxidation sites excluding steroid dienone is 1. The lowest BCUT2D eigenvalue weighted by atomic mass is 10.1. The summed E-state index contributed by atoms with van der Waals surface area (Å²) in [5, 5.41) is 0.462. The smallest absolute Gasteiger partial charge is 0.260 e. The van der Waals surface area contributed by atoms with Crippen LogP contribution in [0.4, 0.5) is 0 Å². The molecule has 37 heavy (non-hydrogen) atoms. The van der Waals surface area contributed by atoms with Gasteiger partial charge in [-0.2, -0.15) is 4.31 Å². The maximum absolute atomic E-state index is 12.8. The van der Waals surface area contributed by atoms with Crippen molar-refractivity contribution in [2.75, 3.05) is 32.8 Å². The van der Waals surface area contributed by atoms with Crippen molar-refractivity contribution in [3.63, 3.8) is 0 Å². The number of benzene rings is 3. The number of carbonyl (C=O) groups is 2. The van der Waals surface area contributed by atoms with Crippen molar-refractivity contribution in [3.8, 4) is 5.75 Å². The fourth-order valence-corrected chi connectivity index (χ4v) is 5.72. The highest BCUT2D eigenvalue weighted by molar-refractivity contribution is 9.10. The molecule has 1 heterocycles. The van der Waals surface area contributed by atoms with Crippen LogP contribution in [0.5, 0.6) is 5.75 Å². The van der Waals surface area contributed by atoms with Crippen LogP contribution in [0.15, 0.2) is 88.2 Å². The van der Waals surface area contributed by atoms with E-state index in [1.807, 2.05) is 24.3 Å². The standard InChI is InChI=1S/C27H24BrClN2O5S/c28-25-4-2-1-3-20(25)7-14-26(32)21-5-10-23(11-6-21)36-19-27(33)30-15-17-31(18-16-30)37(34,35)24-12-8-22(29)9-13-24/h1-14H,15-19H2. The predicted octanol–water partition coefficient (Wildman–Crippen LogP) is 4.91. The minimum atomic E-state index is -3.65. The number of hydrogen-bond acceptors (Lipinski definition) is 5. The molecule has 3 aromatic carbocycles. The molecule has 0 unspecified atom stereocenters. The minimum absolute atomic E-state index is 0.148. The molecule has 1 saturated heterocycles. The molecule has 0 atom stereocenters. The number of sulfonamides is 1. The van der Waals surface area contributed by atoms with Crippen LogP contribution in [-0.2, 0) is 14.8 Å². The van der Waals surface area contributed by atoms with Gasteiger partial charge in [-0.3, -0.25) is 9.59 Å². The number of amides is 1. The molecule has 10 heteroatoms. The first-order chi connectivity index (χ1) is 17.7. The summed E-state index contributed by atoms with van der Waals surface area (Å²) >= 11 is 9.30. The van der Waals surface area contributed by atoms with Gasteiger partial charge in [-0.25, -0.2) is 8.42 Å². The van der Waals surface area contributed by atoms with E-state index in [4.69, 9.17) is 16.3 Å². The van der Waals surface area contributed by atoms with Gasteiger partial charge in [0.05, 0.1) is 4.90 Å². The Balaban J connectivity index is 1.26. The number of ether oxygens (including phenoxy) is 1. The first kappa shape index (κ1) is 27.1. The highest BCUT2D eigenvalue weighted by atomic mass is 79.9. The van der Waals surface area contributed by atoms with Crippen LogP contribution in [0.3, 0.4) is 0 Å². The van der Waals surface area contributed by atoms with Crippen molar-refractivity contribution >= 4 is 55.3 Å². The van der Waals surface area contributed by atoms with E-state index < -0.39 is 10.0 Å². The quantitative estimate of drug-likeness (QED) is 0.270. The topological polar surface area (TPSA) is 84.0 Å². The van der Waals surface area contributed by atoms with E-state index in [0.29, 0.717) is 16.3 Å². The molecule has 1 aliphatic rings. The highest BCUT2D eigenvalue weighted by Crippen LogP contribution is 2.21. The fourth-order valence-electron chi connectivity index (χ4n) is 3.76. The number of rotatable bonds is 8. The van der Waals surface area contributed by atoms with Gasteiger partial charge in [0.2, 0.25) is 10.0 Å². The Morgan fingerprint density at radius 1 is 0.919 bits per heavy atom. The SMILES string of the molecule is O=C(C=Cc1ccccc1Br)c1ccc(OCC(=O)N2CCN(S(=O)(=O)c3ccc(Cl)cc3)CC2)cc1. The van der Waals surface area contributed by atoms with Gasteiger partial charge in [-0.05, 0) is 72.3 Å². The summed E-state index contributed by atoms with van der Waals surface area (Å²) in [4.78, 5) is 26.8. The lowest BCUT2D eigenvalue weighted by Crippen LogP contribution is -2.51. The Hall–Kier alpha value is -2.98. The molecule has 1 amide bonds. The number of halogens is 2. The van der Waals surface area contributed by atoms with Gasteiger partial charge >= 0.3 is 0 Å². The van der Waals surface area contributed by atoms with Gasteiger partial charge in [-0.1, -0.05) is 45.7 Å². The van der Waals surface area contributed by atoms with Gasteiger partial charge in [0.15, 0.2) is 12.4 Å². The first-order valence-electron chi connectivity index (χ1n) is 11.5. The minimum Gasteiger partial charge on any atom is -0.484 e. The largest absolute Gasteiger partial charge is 0.484 e. The summed E-state index contributed by atoms with van der Waals surface area (Å²) in [5.41, 5.74) is 1.40. The molecule has 0 aliphatic carbocycles. The molecule has 7 nitrogen and oxygen atoms in total. The van der Waals surface area contributed by atoms with Crippen LogP contribution < -0.4 is 4.74 Å². The Bertz CT molecular complexity index is 1400. The average molecular weight is 604 g/mol. The predicted molar refractivity (Wildman–Crippen MR) is 146 cm³/mol. The van der Waals surface area contributed by atoms with E-state index in [9.17, 15) is 18.0 Å². The molecular weight excluding hydrogens is 580 g/mol. The van der Waals surface area contributed by atoms with Crippen molar-refractivity contribution in [1.82, 2.24) is 9.21 Å². The van der Waals surface area contributed by atoms with Crippen LogP contribution in [-0.4, -0.2) is 62.1 Å². The molecule has 0 saturated carbocycles. The molecule has 192 valence electrons. The van der Waals surface area contributed by atoms with Crippen molar-refractivity contribution in [3.05, 3.63) is 99.5 Å². The Labute approximate surface area is 229 Å². The average Bonchev–Trinajstić information content (AvgIpc) is 2.91. The van der Waals surface area contributed by atoms with Gasteiger partial charge in [0.25, 0.3) is 5.91 Å². The summed E-state index contributed by atoms with van der Waals surface area (Å²) in [6, 6.07) is 20.2. The second-order valence-corrected chi connectivity index (χ2v) is 11.5. The van der Waals surface area contributed by atoms with E-state index in [1.165, 1.54) is 34.6 Å². The molecule has 0 bridgehead atoms. The van der Waals surface area contributed by atoms with E-state index >= 15 is 0 Å². The fraction of sp³-hybridized carbons (Fsp3) is 0.185. The number of nitrogens with zero attached hydrogens (tertiary/aromatic N) is 2. The third-order valence-electron chi connectivity index (χ3n) is 5.86. The third-order valence-corrected chi connectivity index (χ3v) is 8.75. The zero-order chi connectivity index (χ0) is 26.4. The van der Waals surface area contributed by atoms with Gasteiger partial charge in [-0.15, -0.1) is 0 Å². The molecule has 0 radical (unpaired) electrons. The summed E-state index contributed by atoms with van der Waals surface area (Å²) in [5.74, 6) is 0.0773. The lowest BCUT2D eigenvalue weighted by molar-refractivity contribution is -0.134. The van der Waals surface area contributed by atoms with Crippen LogP contribution in [0.2, 0.25) is 5.02 Å².